The van der Waals surface area contributed by atoms with E-state index in [0.717, 1.165) is 23.1 Å². The summed E-state index contributed by atoms with van der Waals surface area (Å²) in [6.45, 7) is 6.41. The fourth-order valence-corrected chi connectivity index (χ4v) is 4.52. The Labute approximate surface area is 166 Å². The molecule has 5 nitrogen and oxygen atoms in total. The van der Waals surface area contributed by atoms with E-state index in [1.165, 1.54) is 49.4 Å². The van der Waals surface area contributed by atoms with Crippen molar-refractivity contribution in [2.75, 3.05) is 11.1 Å². The number of carbonyl (C=O) groups excluding carboxylic acids is 1. The molecule has 0 spiro atoms. The van der Waals surface area contributed by atoms with Crippen LogP contribution in [0.2, 0.25) is 0 Å². The average molecular weight is 387 g/mol. The lowest BCUT2D eigenvalue weighted by atomic mass is 9.95. The van der Waals surface area contributed by atoms with Gasteiger partial charge in [0.25, 0.3) is 0 Å². The Morgan fingerprint density at radius 3 is 2.59 bits per heavy atom. The third kappa shape index (κ3) is 5.12. The van der Waals surface area contributed by atoms with Gasteiger partial charge in [-0.15, -0.1) is 10.2 Å². The lowest BCUT2D eigenvalue weighted by Gasteiger charge is -2.24. The summed E-state index contributed by atoms with van der Waals surface area (Å²) in [4.78, 5) is 12.4. The molecule has 1 heterocycles. The summed E-state index contributed by atoms with van der Waals surface area (Å²) in [7, 11) is 0. The molecule has 0 bridgehead atoms. The number of amides is 1. The second-order valence-corrected chi connectivity index (χ2v) is 8.40. The molecular weight excluding hydrogens is 356 g/mol. The van der Waals surface area contributed by atoms with E-state index in [0.29, 0.717) is 17.7 Å². The fourth-order valence-electron chi connectivity index (χ4n) is 3.67. The summed E-state index contributed by atoms with van der Waals surface area (Å²) in [6, 6.07) is 8.64. The van der Waals surface area contributed by atoms with Crippen molar-refractivity contribution in [2.24, 2.45) is 0 Å². The van der Waals surface area contributed by atoms with Crippen molar-refractivity contribution in [3.8, 4) is 0 Å². The van der Waals surface area contributed by atoms with E-state index in [2.05, 4.69) is 46.1 Å². The van der Waals surface area contributed by atoms with E-state index in [-0.39, 0.29) is 5.91 Å². The second-order valence-electron chi connectivity index (χ2n) is 7.46. The molecular formula is C21H30N4OS. The molecule has 1 aliphatic rings. The van der Waals surface area contributed by atoms with Gasteiger partial charge < -0.3 is 9.88 Å². The zero-order valence-corrected chi connectivity index (χ0v) is 17.4. The summed E-state index contributed by atoms with van der Waals surface area (Å²) in [5.74, 6) is 1.83. The number of benzene rings is 1. The monoisotopic (exact) mass is 386 g/mol. The predicted molar refractivity (Wildman–Crippen MR) is 111 cm³/mol. The molecule has 1 fully saturated rings. The predicted octanol–water partition coefficient (Wildman–Crippen LogP) is 5.34. The smallest absolute Gasteiger partial charge is 0.234 e. The van der Waals surface area contributed by atoms with Crippen LogP contribution in [0.5, 0.6) is 0 Å². The van der Waals surface area contributed by atoms with E-state index in [9.17, 15) is 4.79 Å². The molecule has 1 aliphatic carbocycles. The second kappa shape index (κ2) is 9.40. The van der Waals surface area contributed by atoms with Crippen LogP contribution in [0, 0.1) is 6.92 Å². The molecule has 146 valence electrons. The van der Waals surface area contributed by atoms with Gasteiger partial charge in [-0.25, -0.2) is 0 Å². The minimum Gasteiger partial charge on any atom is -0.325 e. The number of hydrogen-bond acceptors (Lipinski definition) is 4. The SMILES string of the molecule is CC[C@H](C)c1ccc(NC(=O)CSc2nnc(C)n2C2CCCCC2)cc1. The zero-order valence-electron chi connectivity index (χ0n) is 16.6. The first kappa shape index (κ1) is 19.9. The number of carbonyl (C=O) groups is 1. The van der Waals surface area contributed by atoms with Gasteiger partial charge in [0.15, 0.2) is 5.16 Å². The Bertz CT molecular complexity index is 750. The molecule has 1 saturated carbocycles. The van der Waals surface area contributed by atoms with Gasteiger partial charge in [-0.2, -0.15) is 0 Å². The van der Waals surface area contributed by atoms with Crippen LogP contribution in [0.3, 0.4) is 0 Å². The van der Waals surface area contributed by atoms with Gasteiger partial charge in [0.1, 0.15) is 5.82 Å². The average Bonchev–Trinajstić information content (AvgIpc) is 3.07. The van der Waals surface area contributed by atoms with E-state index >= 15 is 0 Å². The molecule has 1 N–H and O–H groups in total. The third-order valence-corrected chi connectivity index (χ3v) is 6.43. The molecule has 0 aliphatic heterocycles. The first-order valence-corrected chi connectivity index (χ1v) is 11.0. The third-order valence-electron chi connectivity index (χ3n) is 5.48. The molecule has 1 aromatic heterocycles. The Hall–Kier alpha value is -1.82. The summed E-state index contributed by atoms with van der Waals surface area (Å²) < 4.78 is 2.23. The van der Waals surface area contributed by atoms with Gasteiger partial charge in [0, 0.05) is 11.7 Å². The Balaban J connectivity index is 1.56. The van der Waals surface area contributed by atoms with Crippen molar-refractivity contribution in [1.29, 1.82) is 0 Å². The zero-order chi connectivity index (χ0) is 19.2. The minimum atomic E-state index is -0.00728. The number of aromatic nitrogens is 3. The van der Waals surface area contributed by atoms with Crippen LogP contribution in [-0.2, 0) is 4.79 Å². The van der Waals surface area contributed by atoms with Gasteiger partial charge in [0.2, 0.25) is 5.91 Å². The van der Waals surface area contributed by atoms with Crippen molar-refractivity contribution >= 4 is 23.4 Å². The van der Waals surface area contributed by atoms with E-state index in [4.69, 9.17) is 0 Å². The Kier molecular flexibility index (Phi) is 6.94. The van der Waals surface area contributed by atoms with E-state index in [1.807, 2.05) is 19.1 Å². The van der Waals surface area contributed by atoms with E-state index in [1.54, 1.807) is 0 Å². The number of nitrogens with zero attached hydrogens (tertiary/aromatic N) is 3. The van der Waals surface area contributed by atoms with Crippen LogP contribution in [0.25, 0.3) is 0 Å². The summed E-state index contributed by atoms with van der Waals surface area (Å²) in [5, 5.41) is 12.4. The number of thioether (sulfide) groups is 1. The number of nitrogens with one attached hydrogen (secondary N) is 1. The minimum absolute atomic E-state index is 0.00728. The van der Waals surface area contributed by atoms with Gasteiger partial charge >= 0.3 is 0 Å². The molecule has 27 heavy (non-hydrogen) atoms. The summed E-state index contributed by atoms with van der Waals surface area (Å²) in [6.07, 6.45) is 7.32. The number of aryl methyl sites for hydroxylation is 1. The van der Waals surface area contributed by atoms with Crippen molar-refractivity contribution in [3.63, 3.8) is 0 Å². The standard InChI is InChI=1S/C21H30N4OS/c1-4-15(2)17-10-12-18(13-11-17)22-20(26)14-27-21-24-23-16(3)25(21)19-8-6-5-7-9-19/h10-13,15,19H,4-9,14H2,1-3H3,(H,22,26)/t15-/m0/s1. The highest BCUT2D eigenvalue weighted by atomic mass is 32.2. The Morgan fingerprint density at radius 2 is 1.93 bits per heavy atom. The molecule has 0 saturated heterocycles. The van der Waals surface area contributed by atoms with Crippen molar-refractivity contribution in [3.05, 3.63) is 35.7 Å². The lowest BCUT2D eigenvalue weighted by Crippen LogP contribution is -2.17. The summed E-state index contributed by atoms with van der Waals surface area (Å²) >= 11 is 1.48. The molecule has 1 atom stereocenters. The van der Waals surface area contributed by atoms with Crippen LogP contribution < -0.4 is 5.32 Å². The molecule has 2 aromatic rings. The quantitative estimate of drug-likeness (QED) is 0.653. The fraction of sp³-hybridized carbons (Fsp3) is 0.571. The largest absolute Gasteiger partial charge is 0.325 e. The van der Waals surface area contributed by atoms with Gasteiger partial charge in [-0.3, -0.25) is 4.79 Å². The highest BCUT2D eigenvalue weighted by molar-refractivity contribution is 7.99. The maximum Gasteiger partial charge on any atom is 0.234 e. The summed E-state index contributed by atoms with van der Waals surface area (Å²) in [5.41, 5.74) is 2.15. The van der Waals surface area contributed by atoms with Gasteiger partial charge in [-0.1, -0.05) is 57.0 Å². The van der Waals surface area contributed by atoms with Crippen molar-refractivity contribution < 1.29 is 4.79 Å². The first-order chi connectivity index (χ1) is 13.1. The van der Waals surface area contributed by atoms with Crippen LogP contribution in [0.4, 0.5) is 5.69 Å². The number of hydrogen-bond donors (Lipinski definition) is 1. The van der Waals surface area contributed by atoms with Crippen LogP contribution in [-0.4, -0.2) is 26.4 Å². The highest BCUT2D eigenvalue weighted by Crippen LogP contribution is 2.32. The Morgan fingerprint density at radius 1 is 1.22 bits per heavy atom. The van der Waals surface area contributed by atoms with E-state index < -0.39 is 0 Å². The van der Waals surface area contributed by atoms with Gasteiger partial charge in [0.05, 0.1) is 5.75 Å². The molecule has 0 unspecified atom stereocenters. The lowest BCUT2D eigenvalue weighted by molar-refractivity contribution is -0.113. The maximum absolute atomic E-state index is 12.4. The van der Waals surface area contributed by atoms with Gasteiger partial charge in [-0.05, 0) is 49.8 Å². The molecule has 3 rings (SSSR count). The van der Waals surface area contributed by atoms with Crippen LogP contribution >= 0.6 is 11.8 Å². The topological polar surface area (TPSA) is 59.8 Å². The van der Waals surface area contributed by atoms with Crippen LogP contribution in [0.15, 0.2) is 29.4 Å². The van der Waals surface area contributed by atoms with Crippen molar-refractivity contribution in [1.82, 2.24) is 14.8 Å². The normalized spacial score (nSPS) is 16.3. The highest BCUT2D eigenvalue weighted by Gasteiger charge is 2.21. The first-order valence-electron chi connectivity index (χ1n) is 10.0. The molecule has 0 radical (unpaired) electrons. The van der Waals surface area contributed by atoms with Crippen LogP contribution in [0.1, 0.15) is 75.7 Å². The number of rotatable bonds is 7. The maximum atomic E-state index is 12.4. The van der Waals surface area contributed by atoms with Crippen molar-refractivity contribution in [2.45, 2.75) is 76.4 Å². The molecule has 1 amide bonds. The molecule has 1 aromatic carbocycles. The molecule has 6 heteroatoms. The number of anilines is 1.